The molecule has 0 bridgehead atoms. The highest BCUT2D eigenvalue weighted by molar-refractivity contribution is 6.35. The van der Waals surface area contributed by atoms with Crippen molar-refractivity contribution in [2.24, 2.45) is 0 Å². The van der Waals surface area contributed by atoms with Crippen molar-refractivity contribution in [3.63, 3.8) is 0 Å². The Bertz CT molecular complexity index is 415. The van der Waals surface area contributed by atoms with Crippen LogP contribution in [0.3, 0.4) is 0 Å². The van der Waals surface area contributed by atoms with Gasteiger partial charge in [0.05, 0.1) is 6.54 Å². The van der Waals surface area contributed by atoms with E-state index in [1.165, 1.54) is 0 Å². The summed E-state index contributed by atoms with van der Waals surface area (Å²) in [6.07, 6.45) is 0.344. The third-order valence-corrected chi connectivity index (χ3v) is 2.35. The zero-order valence-corrected chi connectivity index (χ0v) is 10.7. The molecule has 0 spiro atoms. The Hall–Kier alpha value is -1.26. The average Bonchev–Trinajstić information content (AvgIpc) is 2.24. The molecule has 0 heterocycles. The van der Waals surface area contributed by atoms with Crippen LogP contribution in [0, 0.1) is 0 Å². The second-order valence-corrected chi connectivity index (χ2v) is 4.21. The van der Waals surface area contributed by atoms with E-state index in [0.717, 1.165) is 0 Å². The number of halogens is 2. The van der Waals surface area contributed by atoms with Crippen LogP contribution >= 0.6 is 23.2 Å². The van der Waals surface area contributed by atoms with Crippen LogP contribution in [-0.2, 0) is 9.59 Å². The van der Waals surface area contributed by atoms with Crippen LogP contribution in [0.1, 0.15) is 13.3 Å². The highest BCUT2D eigenvalue weighted by atomic mass is 35.5. The van der Waals surface area contributed by atoms with Gasteiger partial charge in [-0.1, -0.05) is 30.1 Å². The molecule has 0 aromatic heterocycles. The smallest absolute Gasteiger partial charge is 0.243 e. The lowest BCUT2D eigenvalue weighted by molar-refractivity contribution is -0.123. The molecule has 2 N–H and O–H groups in total. The number of rotatable bonds is 4. The molecule has 0 aliphatic carbocycles. The molecule has 0 fully saturated rings. The van der Waals surface area contributed by atoms with Crippen LogP contribution < -0.4 is 10.6 Å². The largest absolute Gasteiger partial charge is 0.347 e. The van der Waals surface area contributed by atoms with Gasteiger partial charge in [0.2, 0.25) is 11.8 Å². The summed E-state index contributed by atoms with van der Waals surface area (Å²) in [4.78, 5) is 22.4. The van der Waals surface area contributed by atoms with E-state index in [1.807, 2.05) is 0 Å². The summed E-state index contributed by atoms with van der Waals surface area (Å²) in [5.74, 6) is -0.505. The van der Waals surface area contributed by atoms with Crippen molar-refractivity contribution in [3.05, 3.63) is 28.2 Å². The first kappa shape index (κ1) is 13.8. The van der Waals surface area contributed by atoms with E-state index in [4.69, 9.17) is 23.2 Å². The van der Waals surface area contributed by atoms with Crippen LogP contribution in [-0.4, -0.2) is 18.4 Å². The molecule has 0 unspecified atom stereocenters. The van der Waals surface area contributed by atoms with Crippen LogP contribution in [0.25, 0.3) is 0 Å². The Morgan fingerprint density at radius 1 is 1.12 bits per heavy atom. The highest BCUT2D eigenvalue weighted by Gasteiger charge is 2.05. The fourth-order valence-corrected chi connectivity index (χ4v) is 1.66. The molecule has 0 aliphatic heterocycles. The summed E-state index contributed by atoms with van der Waals surface area (Å²) in [6, 6.07) is 4.72. The maximum Gasteiger partial charge on any atom is 0.243 e. The number of anilines is 1. The van der Waals surface area contributed by atoms with Crippen molar-refractivity contribution in [1.82, 2.24) is 5.32 Å². The molecule has 92 valence electrons. The van der Waals surface area contributed by atoms with Crippen molar-refractivity contribution < 1.29 is 9.59 Å². The molecule has 4 nitrogen and oxygen atoms in total. The van der Waals surface area contributed by atoms with E-state index in [0.29, 0.717) is 22.2 Å². The fraction of sp³-hybridized carbons (Fsp3) is 0.273. The van der Waals surface area contributed by atoms with Crippen molar-refractivity contribution >= 4 is 40.7 Å². The summed E-state index contributed by atoms with van der Waals surface area (Å²) in [6.45, 7) is 1.64. The molecule has 17 heavy (non-hydrogen) atoms. The molecule has 0 atom stereocenters. The van der Waals surface area contributed by atoms with Crippen molar-refractivity contribution in [1.29, 1.82) is 0 Å². The number of hydrogen-bond acceptors (Lipinski definition) is 2. The molecule has 1 rings (SSSR count). The first-order chi connectivity index (χ1) is 8.01. The zero-order chi connectivity index (χ0) is 12.8. The maximum atomic E-state index is 11.4. The first-order valence-corrected chi connectivity index (χ1v) is 5.79. The Morgan fingerprint density at radius 2 is 1.71 bits per heavy atom. The van der Waals surface area contributed by atoms with Gasteiger partial charge in [-0.25, -0.2) is 0 Å². The molecular formula is C11H12Cl2N2O2. The standard InChI is InChI=1S/C11H12Cl2N2O2/c1-2-10(16)14-6-11(17)15-9-4-7(12)3-8(13)5-9/h3-5H,2,6H2,1H3,(H,14,16)(H,15,17). The molecule has 2 amide bonds. The van der Waals surface area contributed by atoms with Crippen LogP contribution in [0.15, 0.2) is 18.2 Å². The van der Waals surface area contributed by atoms with Crippen LogP contribution in [0.4, 0.5) is 5.69 Å². The lowest BCUT2D eigenvalue weighted by Crippen LogP contribution is -2.32. The molecular weight excluding hydrogens is 263 g/mol. The van der Waals surface area contributed by atoms with E-state index in [-0.39, 0.29) is 18.4 Å². The topological polar surface area (TPSA) is 58.2 Å². The molecule has 1 aromatic carbocycles. The minimum absolute atomic E-state index is 0.0726. The molecule has 0 saturated carbocycles. The van der Waals surface area contributed by atoms with Gasteiger partial charge in [-0.2, -0.15) is 0 Å². The van der Waals surface area contributed by atoms with Crippen LogP contribution in [0.2, 0.25) is 10.0 Å². The van der Waals surface area contributed by atoms with Gasteiger partial charge >= 0.3 is 0 Å². The van der Waals surface area contributed by atoms with Gasteiger partial charge in [-0.15, -0.1) is 0 Å². The van der Waals surface area contributed by atoms with Gasteiger partial charge in [0.15, 0.2) is 0 Å². The third kappa shape index (κ3) is 5.06. The van der Waals surface area contributed by atoms with Crippen molar-refractivity contribution in [3.8, 4) is 0 Å². The van der Waals surface area contributed by atoms with E-state index in [1.54, 1.807) is 25.1 Å². The summed E-state index contributed by atoms with van der Waals surface area (Å²) in [7, 11) is 0. The van der Waals surface area contributed by atoms with E-state index >= 15 is 0 Å². The normalized spacial score (nSPS) is 9.82. The number of nitrogens with one attached hydrogen (secondary N) is 2. The second kappa shape index (κ2) is 6.47. The summed E-state index contributed by atoms with van der Waals surface area (Å²) in [5, 5.41) is 5.92. The van der Waals surface area contributed by atoms with Crippen molar-refractivity contribution in [2.75, 3.05) is 11.9 Å². The Morgan fingerprint density at radius 3 is 2.24 bits per heavy atom. The quantitative estimate of drug-likeness (QED) is 0.886. The predicted molar refractivity (Wildman–Crippen MR) is 68.4 cm³/mol. The van der Waals surface area contributed by atoms with Gasteiger partial charge < -0.3 is 10.6 Å². The minimum atomic E-state index is -0.329. The van der Waals surface area contributed by atoms with Gasteiger partial charge in [0.25, 0.3) is 0 Å². The van der Waals surface area contributed by atoms with E-state index in [2.05, 4.69) is 10.6 Å². The predicted octanol–water partition coefficient (Wildman–Crippen LogP) is 2.46. The van der Waals surface area contributed by atoms with Gasteiger partial charge in [-0.05, 0) is 18.2 Å². The molecule has 0 radical (unpaired) electrons. The third-order valence-electron chi connectivity index (χ3n) is 1.91. The average molecular weight is 275 g/mol. The van der Waals surface area contributed by atoms with Gasteiger partial charge in [0, 0.05) is 22.2 Å². The minimum Gasteiger partial charge on any atom is -0.347 e. The van der Waals surface area contributed by atoms with E-state index in [9.17, 15) is 9.59 Å². The summed E-state index contributed by atoms with van der Waals surface area (Å²) >= 11 is 11.6. The number of benzene rings is 1. The number of carbonyl (C=O) groups excluding carboxylic acids is 2. The Kier molecular flexibility index (Phi) is 5.25. The fourth-order valence-electron chi connectivity index (χ4n) is 1.14. The summed E-state index contributed by atoms with van der Waals surface area (Å²) < 4.78 is 0. The number of amides is 2. The zero-order valence-electron chi connectivity index (χ0n) is 9.22. The lowest BCUT2D eigenvalue weighted by Gasteiger charge is -2.07. The lowest BCUT2D eigenvalue weighted by atomic mass is 10.3. The first-order valence-electron chi connectivity index (χ1n) is 5.04. The van der Waals surface area contributed by atoms with E-state index < -0.39 is 0 Å². The Labute approximate surface area is 109 Å². The second-order valence-electron chi connectivity index (χ2n) is 3.34. The monoisotopic (exact) mass is 274 g/mol. The molecule has 0 saturated heterocycles. The van der Waals surface area contributed by atoms with Gasteiger partial charge in [0.1, 0.15) is 0 Å². The number of hydrogen-bond donors (Lipinski definition) is 2. The van der Waals surface area contributed by atoms with Gasteiger partial charge in [-0.3, -0.25) is 9.59 Å². The highest BCUT2D eigenvalue weighted by Crippen LogP contribution is 2.22. The molecule has 0 aliphatic rings. The SMILES string of the molecule is CCC(=O)NCC(=O)Nc1cc(Cl)cc(Cl)c1. The molecule has 6 heteroatoms. The van der Waals surface area contributed by atoms with Crippen molar-refractivity contribution in [2.45, 2.75) is 13.3 Å². The van der Waals surface area contributed by atoms with Crippen LogP contribution in [0.5, 0.6) is 0 Å². The molecule has 1 aromatic rings. The Balaban J connectivity index is 2.53. The summed E-state index contributed by atoms with van der Waals surface area (Å²) in [5.41, 5.74) is 0.498. The maximum absolute atomic E-state index is 11.4. The number of carbonyl (C=O) groups is 2.